The van der Waals surface area contributed by atoms with Crippen molar-refractivity contribution in [1.29, 1.82) is 0 Å². The minimum atomic E-state index is -0.513. The highest BCUT2D eigenvalue weighted by Crippen LogP contribution is 2.29. The van der Waals surface area contributed by atoms with Crippen LogP contribution >= 0.6 is 0 Å². The van der Waals surface area contributed by atoms with Crippen molar-refractivity contribution in [2.24, 2.45) is 0 Å². The molecule has 1 heterocycles. The van der Waals surface area contributed by atoms with Crippen LogP contribution in [0.2, 0.25) is 0 Å². The third-order valence-corrected chi connectivity index (χ3v) is 2.62. The zero-order valence-electron chi connectivity index (χ0n) is 11.0. The molecule has 20 heavy (non-hydrogen) atoms. The van der Waals surface area contributed by atoms with Crippen LogP contribution in [-0.2, 0) is 0 Å². The Labute approximate surface area is 114 Å². The van der Waals surface area contributed by atoms with Crippen molar-refractivity contribution in [2.45, 2.75) is 0 Å². The van der Waals surface area contributed by atoms with Crippen molar-refractivity contribution in [3.05, 3.63) is 52.6 Å². The van der Waals surface area contributed by atoms with E-state index >= 15 is 0 Å². The molecule has 0 radical (unpaired) electrons. The predicted molar refractivity (Wildman–Crippen MR) is 72.5 cm³/mol. The van der Waals surface area contributed by atoms with E-state index in [-0.39, 0.29) is 5.56 Å². The molecule has 1 amide bonds. The first-order valence-corrected chi connectivity index (χ1v) is 5.76. The molecule has 0 unspecified atom stereocenters. The second-order valence-corrected chi connectivity index (χ2v) is 3.86. The van der Waals surface area contributed by atoms with Gasteiger partial charge in [-0.15, -0.1) is 0 Å². The van der Waals surface area contributed by atoms with E-state index in [0.717, 1.165) is 6.26 Å². The lowest BCUT2D eigenvalue weighted by Gasteiger charge is -2.11. The number of rotatable bonds is 4. The maximum absolute atomic E-state index is 12.0. The molecule has 0 spiro atoms. The van der Waals surface area contributed by atoms with Crippen LogP contribution in [-0.4, -0.2) is 20.1 Å². The molecule has 0 aliphatic heterocycles. The highest BCUT2D eigenvalue weighted by atomic mass is 16.5. The van der Waals surface area contributed by atoms with Crippen molar-refractivity contribution < 1.29 is 18.7 Å². The van der Waals surface area contributed by atoms with Crippen molar-refractivity contribution in [2.75, 3.05) is 19.5 Å². The van der Waals surface area contributed by atoms with Gasteiger partial charge in [0.2, 0.25) is 0 Å². The van der Waals surface area contributed by atoms with E-state index in [1.54, 1.807) is 18.2 Å². The molecule has 0 fully saturated rings. The number of hydrogen-bond donors (Lipinski definition) is 1. The topological polar surface area (TPSA) is 77.8 Å². The van der Waals surface area contributed by atoms with Crippen LogP contribution in [0.1, 0.15) is 10.4 Å². The first kappa shape index (κ1) is 13.7. The standard InChI is InChI=1S/C14H13NO5/c1-18-10-4-5-12(19-2)11(7-10)15-14(17)9-3-6-13(16)20-8-9/h3-8H,1-2H3,(H,15,17). The van der Waals surface area contributed by atoms with Gasteiger partial charge in [0.25, 0.3) is 5.91 Å². The van der Waals surface area contributed by atoms with Gasteiger partial charge in [-0.05, 0) is 18.2 Å². The largest absolute Gasteiger partial charge is 0.497 e. The normalized spacial score (nSPS) is 9.90. The summed E-state index contributed by atoms with van der Waals surface area (Å²) in [6.45, 7) is 0. The fraction of sp³-hybridized carbons (Fsp3) is 0.143. The summed E-state index contributed by atoms with van der Waals surface area (Å²) in [4.78, 5) is 22.9. The summed E-state index contributed by atoms with van der Waals surface area (Å²) in [5, 5.41) is 2.67. The molecule has 1 aromatic carbocycles. The second kappa shape index (κ2) is 5.92. The van der Waals surface area contributed by atoms with E-state index in [4.69, 9.17) is 9.47 Å². The zero-order valence-corrected chi connectivity index (χ0v) is 11.0. The number of carbonyl (C=O) groups excluding carboxylic acids is 1. The molecule has 1 aromatic heterocycles. The van der Waals surface area contributed by atoms with Gasteiger partial charge in [0, 0.05) is 12.1 Å². The third-order valence-electron chi connectivity index (χ3n) is 2.62. The van der Waals surface area contributed by atoms with Gasteiger partial charge in [-0.3, -0.25) is 4.79 Å². The molecule has 104 valence electrons. The van der Waals surface area contributed by atoms with Gasteiger partial charge >= 0.3 is 5.63 Å². The molecule has 0 atom stereocenters. The molecule has 0 aliphatic rings. The fourth-order valence-corrected chi connectivity index (χ4v) is 1.59. The van der Waals surface area contributed by atoms with Crippen LogP contribution in [0.15, 0.2) is 45.8 Å². The van der Waals surface area contributed by atoms with E-state index in [1.165, 1.54) is 26.4 Å². The van der Waals surface area contributed by atoms with Gasteiger partial charge in [0.15, 0.2) is 0 Å². The number of ether oxygens (including phenoxy) is 2. The Kier molecular flexibility index (Phi) is 4.05. The van der Waals surface area contributed by atoms with E-state index in [1.807, 2.05) is 0 Å². The quantitative estimate of drug-likeness (QED) is 0.922. The summed E-state index contributed by atoms with van der Waals surface area (Å²) in [6, 6.07) is 7.59. The maximum atomic E-state index is 12.0. The van der Waals surface area contributed by atoms with Crippen LogP contribution in [0.4, 0.5) is 5.69 Å². The molecule has 0 bridgehead atoms. The van der Waals surface area contributed by atoms with E-state index in [2.05, 4.69) is 9.73 Å². The van der Waals surface area contributed by atoms with Crippen molar-refractivity contribution >= 4 is 11.6 Å². The Morgan fingerprint density at radius 1 is 1.15 bits per heavy atom. The summed E-state index contributed by atoms with van der Waals surface area (Å²) in [6.07, 6.45) is 1.10. The molecule has 0 saturated heterocycles. The summed E-state index contributed by atoms with van der Waals surface area (Å²) in [5.74, 6) is 0.664. The van der Waals surface area contributed by atoms with Crippen LogP contribution in [0.3, 0.4) is 0 Å². The number of hydrogen-bond acceptors (Lipinski definition) is 5. The van der Waals surface area contributed by atoms with Gasteiger partial charge < -0.3 is 19.2 Å². The molecule has 0 saturated carbocycles. The van der Waals surface area contributed by atoms with Crippen LogP contribution in [0, 0.1) is 0 Å². The molecule has 6 heteroatoms. The molecular formula is C14H13NO5. The monoisotopic (exact) mass is 275 g/mol. The lowest BCUT2D eigenvalue weighted by Crippen LogP contribution is -2.13. The predicted octanol–water partition coefficient (Wildman–Crippen LogP) is 1.91. The Morgan fingerprint density at radius 2 is 1.95 bits per heavy atom. The molecule has 6 nitrogen and oxygen atoms in total. The van der Waals surface area contributed by atoms with Crippen LogP contribution in [0.25, 0.3) is 0 Å². The Bertz CT molecular complexity index is 657. The molecular weight excluding hydrogens is 262 g/mol. The van der Waals surface area contributed by atoms with Crippen molar-refractivity contribution in [3.63, 3.8) is 0 Å². The van der Waals surface area contributed by atoms with Crippen LogP contribution < -0.4 is 20.4 Å². The molecule has 2 aromatic rings. The third kappa shape index (κ3) is 2.97. The Morgan fingerprint density at radius 3 is 2.55 bits per heavy atom. The van der Waals surface area contributed by atoms with Gasteiger partial charge in [-0.1, -0.05) is 0 Å². The summed E-state index contributed by atoms with van der Waals surface area (Å²) >= 11 is 0. The van der Waals surface area contributed by atoms with Crippen molar-refractivity contribution in [1.82, 2.24) is 0 Å². The highest BCUT2D eigenvalue weighted by Gasteiger charge is 2.11. The Hall–Kier alpha value is -2.76. The average molecular weight is 275 g/mol. The highest BCUT2D eigenvalue weighted by molar-refractivity contribution is 6.04. The van der Waals surface area contributed by atoms with Crippen molar-refractivity contribution in [3.8, 4) is 11.5 Å². The molecule has 0 aliphatic carbocycles. The number of carbonyl (C=O) groups is 1. The fourth-order valence-electron chi connectivity index (χ4n) is 1.59. The van der Waals surface area contributed by atoms with Gasteiger partial charge in [-0.25, -0.2) is 4.79 Å². The first-order valence-electron chi connectivity index (χ1n) is 5.76. The van der Waals surface area contributed by atoms with Gasteiger partial charge in [0.1, 0.15) is 17.8 Å². The lowest BCUT2D eigenvalue weighted by atomic mass is 10.2. The van der Waals surface area contributed by atoms with E-state index < -0.39 is 11.5 Å². The minimum Gasteiger partial charge on any atom is -0.497 e. The van der Waals surface area contributed by atoms with Crippen LogP contribution in [0.5, 0.6) is 11.5 Å². The minimum absolute atomic E-state index is 0.231. The zero-order chi connectivity index (χ0) is 14.5. The number of anilines is 1. The SMILES string of the molecule is COc1ccc(OC)c(NC(=O)c2ccc(=O)oc2)c1. The van der Waals surface area contributed by atoms with Gasteiger partial charge in [0.05, 0.1) is 25.5 Å². The number of amides is 1. The first-order chi connectivity index (χ1) is 9.63. The average Bonchev–Trinajstić information content (AvgIpc) is 2.47. The van der Waals surface area contributed by atoms with Gasteiger partial charge in [-0.2, -0.15) is 0 Å². The lowest BCUT2D eigenvalue weighted by molar-refractivity contribution is 0.102. The summed E-state index contributed by atoms with van der Waals surface area (Å²) < 4.78 is 14.9. The summed E-state index contributed by atoms with van der Waals surface area (Å²) in [7, 11) is 3.03. The molecule has 2 rings (SSSR count). The molecule has 1 N–H and O–H groups in total. The van der Waals surface area contributed by atoms with E-state index in [9.17, 15) is 9.59 Å². The van der Waals surface area contributed by atoms with E-state index in [0.29, 0.717) is 17.2 Å². The Balaban J connectivity index is 2.26. The smallest absolute Gasteiger partial charge is 0.335 e. The number of methoxy groups -OCH3 is 2. The summed E-state index contributed by atoms with van der Waals surface area (Å²) in [5.41, 5.74) is 0.179. The second-order valence-electron chi connectivity index (χ2n) is 3.86. The maximum Gasteiger partial charge on any atom is 0.335 e. The number of benzene rings is 1. The number of nitrogens with one attached hydrogen (secondary N) is 1.